The van der Waals surface area contributed by atoms with Gasteiger partial charge in [-0.1, -0.05) is 46.5 Å². The molecule has 0 aliphatic carbocycles. The Bertz CT molecular complexity index is 133. The van der Waals surface area contributed by atoms with Crippen LogP contribution in [0.3, 0.4) is 0 Å². The predicted octanol–water partition coefficient (Wildman–Crippen LogP) is 3.41. The van der Waals surface area contributed by atoms with Gasteiger partial charge >= 0.3 is 0 Å². The summed E-state index contributed by atoms with van der Waals surface area (Å²) in [4.78, 5) is 2.59. The molecule has 0 bridgehead atoms. The van der Waals surface area contributed by atoms with E-state index in [1.807, 2.05) is 0 Å². The van der Waals surface area contributed by atoms with Crippen molar-refractivity contribution in [2.75, 3.05) is 19.6 Å². The minimum atomic E-state index is 0.745. The van der Waals surface area contributed by atoms with E-state index in [1.165, 1.54) is 51.5 Å². The van der Waals surface area contributed by atoms with Crippen LogP contribution in [0.25, 0.3) is 0 Å². The van der Waals surface area contributed by atoms with Crippen molar-refractivity contribution in [3.05, 3.63) is 0 Å². The van der Waals surface area contributed by atoms with Gasteiger partial charge in [0.05, 0.1) is 0 Å². The third-order valence-corrected chi connectivity index (χ3v) is 3.42. The zero-order chi connectivity index (χ0) is 12.2. The molecule has 0 aromatic carbocycles. The average Bonchev–Trinajstić information content (AvgIpc) is 2.30. The second kappa shape index (κ2) is 11.4. The third kappa shape index (κ3) is 7.24. The summed E-state index contributed by atoms with van der Waals surface area (Å²) in [5.74, 6) is 0. The van der Waals surface area contributed by atoms with E-state index >= 15 is 0 Å². The normalized spacial score (nSPS) is 11.6. The van der Waals surface area contributed by atoms with Crippen molar-refractivity contribution in [3.63, 3.8) is 0 Å². The molecule has 0 saturated carbocycles. The van der Waals surface area contributed by atoms with Crippen molar-refractivity contribution in [2.45, 2.75) is 71.8 Å². The van der Waals surface area contributed by atoms with Gasteiger partial charge in [0.15, 0.2) is 0 Å². The van der Waals surface area contributed by atoms with Crippen molar-refractivity contribution >= 4 is 0 Å². The maximum absolute atomic E-state index is 5.69. The van der Waals surface area contributed by atoms with Crippen molar-refractivity contribution in [3.8, 4) is 0 Å². The lowest BCUT2D eigenvalue weighted by Gasteiger charge is -2.30. The van der Waals surface area contributed by atoms with E-state index in [9.17, 15) is 0 Å². The van der Waals surface area contributed by atoms with Gasteiger partial charge in [-0.15, -0.1) is 0 Å². The van der Waals surface area contributed by atoms with E-state index in [0.717, 1.165) is 19.1 Å². The van der Waals surface area contributed by atoms with E-state index in [2.05, 4.69) is 25.7 Å². The van der Waals surface area contributed by atoms with Gasteiger partial charge in [0.1, 0.15) is 0 Å². The topological polar surface area (TPSA) is 29.3 Å². The Morgan fingerprint density at radius 1 is 0.875 bits per heavy atom. The summed E-state index contributed by atoms with van der Waals surface area (Å²) < 4.78 is 0. The maximum Gasteiger partial charge on any atom is 0.0108 e. The first-order valence-corrected chi connectivity index (χ1v) is 7.24. The summed E-state index contributed by atoms with van der Waals surface area (Å²) in [5, 5.41) is 0. The number of nitrogens with zero attached hydrogens (tertiary/aromatic N) is 1. The molecule has 0 amide bonds. The molecule has 0 radical (unpaired) electrons. The summed E-state index contributed by atoms with van der Waals surface area (Å²) in [6.07, 6.45) is 9.36. The predicted molar refractivity (Wildman–Crippen MR) is 73.8 cm³/mol. The van der Waals surface area contributed by atoms with Crippen LogP contribution in [-0.4, -0.2) is 30.6 Å². The molecule has 0 heterocycles. The van der Waals surface area contributed by atoms with Crippen LogP contribution >= 0.6 is 0 Å². The molecule has 0 rings (SSSR count). The molecule has 2 nitrogen and oxygen atoms in total. The van der Waals surface area contributed by atoms with Gasteiger partial charge in [0, 0.05) is 19.1 Å². The molecule has 0 unspecified atom stereocenters. The fourth-order valence-electron chi connectivity index (χ4n) is 2.37. The van der Waals surface area contributed by atoms with E-state index in [-0.39, 0.29) is 0 Å². The van der Waals surface area contributed by atoms with Crippen molar-refractivity contribution in [1.82, 2.24) is 4.90 Å². The largest absolute Gasteiger partial charge is 0.329 e. The highest BCUT2D eigenvalue weighted by molar-refractivity contribution is 4.69. The third-order valence-electron chi connectivity index (χ3n) is 3.42. The van der Waals surface area contributed by atoms with E-state index in [4.69, 9.17) is 5.73 Å². The lowest BCUT2D eigenvalue weighted by atomic mass is 10.1. The van der Waals surface area contributed by atoms with Gasteiger partial charge in [-0.05, 0) is 25.8 Å². The zero-order valence-electron chi connectivity index (χ0n) is 11.7. The number of nitrogens with two attached hydrogens (primary N) is 1. The maximum atomic E-state index is 5.69. The van der Waals surface area contributed by atoms with Gasteiger partial charge in [-0.3, -0.25) is 4.90 Å². The standard InChI is InChI=1S/C14H32N2/c1-4-7-8-9-10-12-16(13-11-15)14(5-2)6-3/h14H,4-13,15H2,1-3H3. The first-order valence-electron chi connectivity index (χ1n) is 7.24. The van der Waals surface area contributed by atoms with Crippen molar-refractivity contribution < 1.29 is 0 Å². The van der Waals surface area contributed by atoms with Gasteiger partial charge in [-0.25, -0.2) is 0 Å². The second-order valence-electron chi connectivity index (χ2n) is 4.71. The molecule has 0 atom stereocenters. The summed E-state index contributed by atoms with van der Waals surface area (Å²) >= 11 is 0. The Hall–Kier alpha value is -0.0800. The molecule has 0 spiro atoms. The van der Waals surface area contributed by atoms with Crippen LogP contribution in [0, 0.1) is 0 Å². The molecule has 16 heavy (non-hydrogen) atoms. The summed E-state index contributed by atoms with van der Waals surface area (Å²) in [6.45, 7) is 9.95. The minimum absolute atomic E-state index is 0.745. The number of hydrogen-bond donors (Lipinski definition) is 1. The van der Waals surface area contributed by atoms with Crippen LogP contribution in [0.5, 0.6) is 0 Å². The molecule has 0 aliphatic heterocycles. The van der Waals surface area contributed by atoms with Crippen LogP contribution in [-0.2, 0) is 0 Å². The highest BCUT2D eigenvalue weighted by Gasteiger charge is 2.13. The molecule has 0 saturated heterocycles. The number of unbranched alkanes of at least 4 members (excludes halogenated alkanes) is 4. The Morgan fingerprint density at radius 2 is 1.50 bits per heavy atom. The zero-order valence-corrected chi connectivity index (χ0v) is 11.7. The first-order chi connectivity index (χ1) is 7.79. The van der Waals surface area contributed by atoms with Crippen LogP contribution in [0.1, 0.15) is 65.7 Å². The second-order valence-corrected chi connectivity index (χ2v) is 4.71. The molecule has 0 aromatic heterocycles. The number of hydrogen-bond acceptors (Lipinski definition) is 2. The van der Waals surface area contributed by atoms with Gasteiger partial charge < -0.3 is 5.73 Å². The Morgan fingerprint density at radius 3 is 2.00 bits per heavy atom. The van der Waals surface area contributed by atoms with E-state index < -0.39 is 0 Å². The Kier molecular flexibility index (Phi) is 11.3. The van der Waals surface area contributed by atoms with Gasteiger partial charge in [-0.2, -0.15) is 0 Å². The minimum Gasteiger partial charge on any atom is -0.329 e. The molecule has 2 heteroatoms. The summed E-state index contributed by atoms with van der Waals surface area (Å²) in [5.41, 5.74) is 5.69. The molecule has 0 aliphatic rings. The van der Waals surface area contributed by atoms with Gasteiger partial charge in [0.2, 0.25) is 0 Å². The smallest absolute Gasteiger partial charge is 0.0108 e. The number of rotatable bonds is 11. The van der Waals surface area contributed by atoms with Crippen molar-refractivity contribution in [2.24, 2.45) is 5.73 Å². The monoisotopic (exact) mass is 228 g/mol. The van der Waals surface area contributed by atoms with Crippen molar-refractivity contribution in [1.29, 1.82) is 0 Å². The SMILES string of the molecule is CCCCCCCN(CCN)C(CC)CC. The van der Waals surface area contributed by atoms with Crippen LogP contribution < -0.4 is 5.73 Å². The van der Waals surface area contributed by atoms with Gasteiger partial charge in [0.25, 0.3) is 0 Å². The Balaban J connectivity index is 3.74. The fourth-order valence-corrected chi connectivity index (χ4v) is 2.37. The molecule has 0 fully saturated rings. The molecule has 0 aromatic rings. The molecular weight excluding hydrogens is 196 g/mol. The quantitative estimate of drug-likeness (QED) is 0.549. The average molecular weight is 228 g/mol. The molecule has 98 valence electrons. The lowest BCUT2D eigenvalue weighted by Crippen LogP contribution is -2.38. The molecular formula is C14H32N2. The Labute approximate surface area is 103 Å². The summed E-state index contributed by atoms with van der Waals surface area (Å²) in [7, 11) is 0. The summed E-state index contributed by atoms with van der Waals surface area (Å²) in [6, 6.07) is 0.745. The highest BCUT2D eigenvalue weighted by Crippen LogP contribution is 2.10. The fraction of sp³-hybridized carbons (Fsp3) is 1.00. The van der Waals surface area contributed by atoms with Crippen LogP contribution in [0.4, 0.5) is 0 Å². The van der Waals surface area contributed by atoms with Crippen LogP contribution in [0.15, 0.2) is 0 Å². The van der Waals surface area contributed by atoms with E-state index in [1.54, 1.807) is 0 Å². The van der Waals surface area contributed by atoms with E-state index in [0.29, 0.717) is 0 Å². The highest BCUT2D eigenvalue weighted by atomic mass is 15.2. The first kappa shape index (κ1) is 15.9. The molecule has 2 N–H and O–H groups in total. The lowest BCUT2D eigenvalue weighted by molar-refractivity contribution is 0.187. The van der Waals surface area contributed by atoms with Crippen LogP contribution in [0.2, 0.25) is 0 Å².